The van der Waals surface area contributed by atoms with Crippen LogP contribution in [0, 0.1) is 6.92 Å². The van der Waals surface area contributed by atoms with Crippen molar-refractivity contribution in [1.82, 2.24) is 15.2 Å². The first-order valence-electron chi connectivity index (χ1n) is 7.57. The fraction of sp³-hybridized carbons (Fsp3) is 0.118. The summed E-state index contributed by atoms with van der Waals surface area (Å²) in [6.45, 7) is 2.19. The van der Waals surface area contributed by atoms with Gasteiger partial charge in [0.25, 0.3) is 0 Å². The predicted octanol–water partition coefficient (Wildman–Crippen LogP) is 4.05. The molecule has 0 saturated carbocycles. The Balaban J connectivity index is 1.53. The summed E-state index contributed by atoms with van der Waals surface area (Å²) >= 11 is 5.98. The molecule has 2 heterocycles. The number of hydrogen-bond acceptors (Lipinski definition) is 7. The van der Waals surface area contributed by atoms with Gasteiger partial charge >= 0.3 is 0 Å². The third-order valence-electron chi connectivity index (χ3n) is 3.64. The van der Waals surface area contributed by atoms with E-state index < -0.39 is 0 Å². The maximum Gasteiger partial charge on any atom is 0.249 e. The van der Waals surface area contributed by atoms with Crippen LogP contribution in [0.1, 0.15) is 5.56 Å². The topological polar surface area (TPSA) is 81.2 Å². The van der Waals surface area contributed by atoms with Gasteiger partial charge in [0.1, 0.15) is 0 Å². The Morgan fingerprint density at radius 2 is 1.92 bits per heavy atom. The van der Waals surface area contributed by atoms with Crippen molar-refractivity contribution in [1.29, 1.82) is 0 Å². The van der Waals surface area contributed by atoms with Crippen molar-refractivity contribution in [2.75, 3.05) is 17.4 Å². The van der Waals surface area contributed by atoms with Gasteiger partial charge < -0.3 is 20.1 Å². The van der Waals surface area contributed by atoms with Gasteiger partial charge in [-0.15, -0.1) is 5.10 Å². The molecule has 2 aromatic carbocycles. The van der Waals surface area contributed by atoms with Crippen LogP contribution in [0.5, 0.6) is 11.5 Å². The molecule has 0 saturated heterocycles. The van der Waals surface area contributed by atoms with E-state index in [0.717, 1.165) is 22.7 Å². The van der Waals surface area contributed by atoms with Crippen LogP contribution in [0.3, 0.4) is 0 Å². The largest absolute Gasteiger partial charge is 0.454 e. The second-order valence-electron chi connectivity index (χ2n) is 5.44. The fourth-order valence-electron chi connectivity index (χ4n) is 2.43. The number of nitrogens with zero attached hydrogens (tertiary/aromatic N) is 3. The molecule has 0 amide bonds. The normalized spacial score (nSPS) is 12.1. The standard InChI is InChI=1S/C17H14ClN5O2/c1-10-6-11(18)2-4-13(10)21-17-22-16(8-19-23-17)20-12-3-5-14-15(7-12)25-9-24-14/h2-8H,9H2,1H3,(H2,20,21,22,23). The zero-order valence-corrected chi connectivity index (χ0v) is 14.0. The highest BCUT2D eigenvalue weighted by Crippen LogP contribution is 2.34. The molecular weight excluding hydrogens is 342 g/mol. The predicted molar refractivity (Wildman–Crippen MR) is 95.1 cm³/mol. The molecular formula is C17H14ClN5O2. The molecule has 1 aromatic heterocycles. The number of anilines is 4. The van der Waals surface area contributed by atoms with Crippen LogP contribution in [0.25, 0.3) is 0 Å². The lowest BCUT2D eigenvalue weighted by Gasteiger charge is -2.10. The lowest BCUT2D eigenvalue weighted by Crippen LogP contribution is -2.03. The Labute approximate surface area is 149 Å². The van der Waals surface area contributed by atoms with Crippen molar-refractivity contribution in [3.63, 3.8) is 0 Å². The third kappa shape index (κ3) is 3.41. The maximum atomic E-state index is 5.98. The Morgan fingerprint density at radius 1 is 1.04 bits per heavy atom. The van der Waals surface area contributed by atoms with Crippen molar-refractivity contribution in [2.45, 2.75) is 6.92 Å². The SMILES string of the molecule is Cc1cc(Cl)ccc1Nc1nncc(Nc2ccc3c(c2)OCO3)n1. The number of benzene rings is 2. The van der Waals surface area contributed by atoms with Gasteiger partial charge in [0.15, 0.2) is 17.3 Å². The minimum Gasteiger partial charge on any atom is -0.454 e. The minimum absolute atomic E-state index is 0.238. The van der Waals surface area contributed by atoms with Crippen LogP contribution in [-0.2, 0) is 0 Å². The molecule has 0 unspecified atom stereocenters. The highest BCUT2D eigenvalue weighted by atomic mass is 35.5. The molecule has 0 bridgehead atoms. The summed E-state index contributed by atoms with van der Waals surface area (Å²) in [7, 11) is 0. The van der Waals surface area contributed by atoms with Gasteiger partial charge in [0, 0.05) is 22.5 Å². The number of fused-ring (bicyclic) bond motifs is 1. The van der Waals surface area contributed by atoms with Crippen molar-refractivity contribution in [3.8, 4) is 11.5 Å². The Kier molecular flexibility index (Phi) is 3.99. The van der Waals surface area contributed by atoms with E-state index in [4.69, 9.17) is 21.1 Å². The van der Waals surface area contributed by atoms with E-state index in [9.17, 15) is 0 Å². The van der Waals surface area contributed by atoms with Crippen LogP contribution in [0.15, 0.2) is 42.6 Å². The van der Waals surface area contributed by atoms with Gasteiger partial charge in [-0.3, -0.25) is 0 Å². The fourth-order valence-corrected chi connectivity index (χ4v) is 2.65. The number of halogens is 1. The molecule has 0 radical (unpaired) electrons. The average molecular weight is 356 g/mol. The van der Waals surface area contributed by atoms with Gasteiger partial charge in [0.05, 0.1) is 6.20 Å². The van der Waals surface area contributed by atoms with Gasteiger partial charge in [-0.1, -0.05) is 11.6 Å². The number of aryl methyl sites for hydroxylation is 1. The molecule has 0 atom stereocenters. The molecule has 7 nitrogen and oxygen atoms in total. The molecule has 0 fully saturated rings. The van der Waals surface area contributed by atoms with Gasteiger partial charge in [-0.2, -0.15) is 10.1 Å². The molecule has 25 heavy (non-hydrogen) atoms. The zero-order valence-electron chi connectivity index (χ0n) is 13.3. The quantitative estimate of drug-likeness (QED) is 0.730. The molecule has 0 aliphatic carbocycles. The number of ether oxygens (including phenoxy) is 2. The van der Waals surface area contributed by atoms with Crippen LogP contribution in [-0.4, -0.2) is 22.0 Å². The van der Waals surface area contributed by atoms with E-state index in [-0.39, 0.29) is 6.79 Å². The summed E-state index contributed by atoms with van der Waals surface area (Å²) in [5, 5.41) is 15.0. The van der Waals surface area contributed by atoms with Crippen LogP contribution >= 0.6 is 11.6 Å². The summed E-state index contributed by atoms with van der Waals surface area (Å²) in [5.74, 6) is 2.37. The summed E-state index contributed by atoms with van der Waals surface area (Å²) in [6.07, 6.45) is 1.55. The highest BCUT2D eigenvalue weighted by Gasteiger charge is 2.13. The first-order chi connectivity index (χ1) is 12.2. The number of hydrogen-bond donors (Lipinski definition) is 2. The molecule has 0 spiro atoms. The van der Waals surface area contributed by atoms with E-state index in [1.165, 1.54) is 0 Å². The molecule has 2 N–H and O–H groups in total. The van der Waals surface area contributed by atoms with Crippen LogP contribution in [0.4, 0.5) is 23.1 Å². The van der Waals surface area contributed by atoms with E-state index in [1.54, 1.807) is 12.3 Å². The van der Waals surface area contributed by atoms with Crippen molar-refractivity contribution < 1.29 is 9.47 Å². The maximum absolute atomic E-state index is 5.98. The lowest BCUT2D eigenvalue weighted by atomic mass is 10.2. The molecule has 1 aliphatic rings. The third-order valence-corrected chi connectivity index (χ3v) is 3.87. The van der Waals surface area contributed by atoms with E-state index >= 15 is 0 Å². The van der Waals surface area contributed by atoms with Gasteiger partial charge in [0.2, 0.25) is 12.7 Å². The van der Waals surface area contributed by atoms with E-state index in [1.807, 2.05) is 37.3 Å². The highest BCUT2D eigenvalue weighted by molar-refractivity contribution is 6.30. The van der Waals surface area contributed by atoms with Gasteiger partial charge in [-0.05, 0) is 42.8 Å². The molecule has 126 valence electrons. The van der Waals surface area contributed by atoms with Crippen molar-refractivity contribution in [2.24, 2.45) is 0 Å². The summed E-state index contributed by atoms with van der Waals surface area (Å²) < 4.78 is 10.7. The average Bonchev–Trinajstić information content (AvgIpc) is 3.05. The van der Waals surface area contributed by atoms with E-state index in [0.29, 0.717) is 22.5 Å². The Morgan fingerprint density at radius 3 is 2.80 bits per heavy atom. The number of nitrogens with one attached hydrogen (secondary N) is 2. The lowest BCUT2D eigenvalue weighted by molar-refractivity contribution is 0.174. The minimum atomic E-state index is 0.238. The Hall–Kier alpha value is -3.06. The summed E-state index contributed by atoms with van der Waals surface area (Å²) in [5.41, 5.74) is 2.68. The molecule has 1 aliphatic heterocycles. The zero-order chi connectivity index (χ0) is 17.2. The first-order valence-corrected chi connectivity index (χ1v) is 7.95. The summed E-state index contributed by atoms with van der Waals surface area (Å²) in [6, 6.07) is 11.1. The van der Waals surface area contributed by atoms with Crippen molar-refractivity contribution in [3.05, 3.63) is 53.2 Å². The molecule has 8 heteroatoms. The van der Waals surface area contributed by atoms with Gasteiger partial charge in [-0.25, -0.2) is 0 Å². The van der Waals surface area contributed by atoms with Crippen LogP contribution in [0.2, 0.25) is 5.02 Å². The Bertz CT molecular complexity index is 935. The second kappa shape index (κ2) is 6.45. The first kappa shape index (κ1) is 15.5. The smallest absolute Gasteiger partial charge is 0.249 e. The number of rotatable bonds is 4. The molecule has 4 rings (SSSR count). The summed E-state index contributed by atoms with van der Waals surface area (Å²) in [4.78, 5) is 4.42. The monoisotopic (exact) mass is 355 g/mol. The van der Waals surface area contributed by atoms with E-state index in [2.05, 4.69) is 25.8 Å². The number of aromatic nitrogens is 3. The van der Waals surface area contributed by atoms with Crippen molar-refractivity contribution >= 4 is 34.7 Å². The second-order valence-corrected chi connectivity index (χ2v) is 5.88. The van der Waals surface area contributed by atoms with Crippen LogP contribution < -0.4 is 20.1 Å². The molecule has 3 aromatic rings.